The van der Waals surface area contributed by atoms with Gasteiger partial charge in [-0.15, -0.1) is 22.7 Å². The van der Waals surface area contributed by atoms with Gasteiger partial charge in [0, 0.05) is 10.3 Å². The lowest BCUT2D eigenvalue weighted by molar-refractivity contribution is -0.120. The quantitative estimate of drug-likeness (QED) is 0.572. The van der Waals surface area contributed by atoms with Crippen LogP contribution in [0.15, 0.2) is 40.3 Å². The molecule has 0 spiro atoms. The molecule has 3 aromatic heterocycles. The summed E-state index contributed by atoms with van der Waals surface area (Å²) >= 11 is 4.69. The van der Waals surface area contributed by atoms with Gasteiger partial charge in [0.2, 0.25) is 5.91 Å². The zero-order chi connectivity index (χ0) is 14.7. The third-order valence-electron chi connectivity index (χ3n) is 2.90. The smallest absolute Gasteiger partial charge is 0.233 e. The molecule has 0 bridgehead atoms. The zero-order valence-corrected chi connectivity index (χ0v) is 13.7. The van der Waals surface area contributed by atoms with Crippen molar-refractivity contribution in [2.24, 2.45) is 0 Å². The van der Waals surface area contributed by atoms with Gasteiger partial charge in [-0.2, -0.15) is 0 Å². The van der Waals surface area contributed by atoms with Crippen LogP contribution in [-0.2, 0) is 11.3 Å². The highest BCUT2D eigenvalue weighted by atomic mass is 32.2. The Hall–Kier alpha value is -1.44. The van der Waals surface area contributed by atoms with Crippen LogP contribution in [-0.4, -0.2) is 21.1 Å². The molecule has 0 aromatic carbocycles. The topological polar surface area (TPSA) is 54.9 Å². The second-order valence-electron chi connectivity index (χ2n) is 4.38. The number of thioether (sulfide) groups is 1. The minimum Gasteiger partial charge on any atom is -0.350 e. The average molecular weight is 335 g/mol. The molecule has 3 aromatic rings. The van der Waals surface area contributed by atoms with Gasteiger partial charge in [-0.05, 0) is 29.8 Å². The minimum absolute atomic E-state index is 0.0235. The van der Waals surface area contributed by atoms with Gasteiger partial charge in [-0.25, -0.2) is 9.97 Å². The Balaban J connectivity index is 1.64. The summed E-state index contributed by atoms with van der Waals surface area (Å²) in [7, 11) is 0. The van der Waals surface area contributed by atoms with Crippen LogP contribution in [0.1, 0.15) is 11.8 Å². The van der Waals surface area contributed by atoms with E-state index in [0.29, 0.717) is 6.54 Å². The maximum absolute atomic E-state index is 12.1. The lowest BCUT2D eigenvalue weighted by Gasteiger charge is -2.11. The number of hydrogen-bond donors (Lipinski definition) is 1. The molecule has 0 saturated heterocycles. The molecule has 21 heavy (non-hydrogen) atoms. The van der Waals surface area contributed by atoms with E-state index in [0.717, 1.165) is 20.1 Å². The van der Waals surface area contributed by atoms with Crippen molar-refractivity contribution in [3.05, 3.63) is 40.2 Å². The van der Waals surface area contributed by atoms with Crippen LogP contribution >= 0.6 is 34.4 Å². The van der Waals surface area contributed by atoms with Gasteiger partial charge < -0.3 is 5.32 Å². The summed E-state index contributed by atoms with van der Waals surface area (Å²) in [4.78, 5) is 22.8. The van der Waals surface area contributed by atoms with Crippen LogP contribution in [0.25, 0.3) is 10.2 Å². The first-order chi connectivity index (χ1) is 10.2. The fraction of sp³-hybridized carbons (Fsp3) is 0.214. The monoisotopic (exact) mass is 335 g/mol. The fourth-order valence-corrected chi connectivity index (χ4v) is 4.18. The summed E-state index contributed by atoms with van der Waals surface area (Å²) in [5.74, 6) is 0.0235. The van der Waals surface area contributed by atoms with Crippen molar-refractivity contribution < 1.29 is 4.79 Å². The van der Waals surface area contributed by atoms with Crippen LogP contribution in [0.3, 0.4) is 0 Å². The first-order valence-electron chi connectivity index (χ1n) is 6.39. The number of aromatic nitrogens is 2. The molecule has 0 aliphatic heterocycles. The lowest BCUT2D eigenvalue weighted by atomic mass is 10.4. The van der Waals surface area contributed by atoms with Crippen LogP contribution in [0.4, 0.5) is 0 Å². The Labute approximate surface area is 134 Å². The largest absolute Gasteiger partial charge is 0.350 e. The van der Waals surface area contributed by atoms with Crippen LogP contribution in [0.5, 0.6) is 0 Å². The Morgan fingerprint density at radius 3 is 3.05 bits per heavy atom. The fourth-order valence-electron chi connectivity index (χ4n) is 1.81. The second-order valence-corrected chi connectivity index (χ2v) is 7.63. The van der Waals surface area contributed by atoms with Crippen molar-refractivity contribution in [2.75, 3.05) is 0 Å². The van der Waals surface area contributed by atoms with Crippen molar-refractivity contribution in [2.45, 2.75) is 23.7 Å². The second kappa shape index (κ2) is 6.55. The van der Waals surface area contributed by atoms with Crippen LogP contribution in [0.2, 0.25) is 0 Å². The van der Waals surface area contributed by atoms with E-state index in [-0.39, 0.29) is 11.2 Å². The van der Waals surface area contributed by atoms with Gasteiger partial charge in [0.15, 0.2) is 0 Å². The number of fused-ring (bicyclic) bond motifs is 1. The molecule has 0 radical (unpaired) electrons. The highest BCUT2D eigenvalue weighted by Gasteiger charge is 2.17. The number of thiophene rings is 2. The molecule has 108 valence electrons. The van der Waals surface area contributed by atoms with E-state index in [1.165, 1.54) is 11.8 Å². The van der Waals surface area contributed by atoms with E-state index < -0.39 is 0 Å². The number of rotatable bonds is 5. The first-order valence-corrected chi connectivity index (χ1v) is 9.03. The molecule has 1 N–H and O–H groups in total. The van der Waals surface area contributed by atoms with Crippen molar-refractivity contribution in [3.63, 3.8) is 0 Å². The molecule has 3 heterocycles. The van der Waals surface area contributed by atoms with E-state index in [9.17, 15) is 4.79 Å². The van der Waals surface area contributed by atoms with E-state index in [4.69, 9.17) is 0 Å². The van der Waals surface area contributed by atoms with E-state index in [1.807, 2.05) is 35.9 Å². The van der Waals surface area contributed by atoms with Gasteiger partial charge in [-0.1, -0.05) is 17.8 Å². The highest BCUT2D eigenvalue weighted by molar-refractivity contribution is 8.00. The summed E-state index contributed by atoms with van der Waals surface area (Å²) in [5, 5.41) is 8.64. The summed E-state index contributed by atoms with van der Waals surface area (Å²) < 4.78 is 0. The number of carbonyl (C=O) groups is 1. The van der Waals surface area contributed by atoms with Crippen molar-refractivity contribution in [1.82, 2.24) is 15.3 Å². The molecule has 0 unspecified atom stereocenters. The molecular formula is C14H13N3OS3. The Bertz CT molecular complexity index is 739. The first kappa shape index (κ1) is 14.5. The normalized spacial score (nSPS) is 12.4. The third kappa shape index (κ3) is 3.42. The average Bonchev–Trinajstić information content (AvgIpc) is 3.16. The highest BCUT2D eigenvalue weighted by Crippen LogP contribution is 2.30. The standard InChI is InChI=1S/C14H13N3OS3/c1-9(12(18)15-7-10-3-2-5-19-10)21-14-11-4-6-20-13(11)16-8-17-14/h2-6,8-9H,7H2,1H3,(H,15,18)/t9-/m0/s1. The van der Waals surface area contributed by atoms with Crippen molar-refractivity contribution in [3.8, 4) is 0 Å². The summed E-state index contributed by atoms with van der Waals surface area (Å²) in [6.07, 6.45) is 1.55. The SMILES string of the molecule is C[C@H](Sc1ncnc2sccc12)C(=O)NCc1cccs1. The van der Waals surface area contributed by atoms with Gasteiger partial charge in [0.05, 0.1) is 11.8 Å². The number of nitrogens with one attached hydrogen (secondary N) is 1. The number of nitrogens with zero attached hydrogens (tertiary/aromatic N) is 2. The summed E-state index contributed by atoms with van der Waals surface area (Å²) in [5.41, 5.74) is 0. The predicted octanol–water partition coefficient (Wildman–Crippen LogP) is 3.55. The van der Waals surface area contributed by atoms with E-state index >= 15 is 0 Å². The Morgan fingerprint density at radius 1 is 1.33 bits per heavy atom. The van der Waals surface area contributed by atoms with Crippen LogP contribution < -0.4 is 5.32 Å². The number of amides is 1. The maximum Gasteiger partial charge on any atom is 0.233 e. The molecule has 0 aliphatic rings. The third-order valence-corrected chi connectivity index (χ3v) is 5.71. The van der Waals surface area contributed by atoms with Gasteiger partial charge in [-0.3, -0.25) is 4.79 Å². The van der Waals surface area contributed by atoms with Gasteiger partial charge >= 0.3 is 0 Å². The Kier molecular flexibility index (Phi) is 4.52. The molecular weight excluding hydrogens is 322 g/mol. The van der Waals surface area contributed by atoms with Gasteiger partial charge in [0.25, 0.3) is 0 Å². The van der Waals surface area contributed by atoms with E-state index in [2.05, 4.69) is 15.3 Å². The zero-order valence-electron chi connectivity index (χ0n) is 11.3. The number of hydrogen-bond acceptors (Lipinski definition) is 6. The van der Waals surface area contributed by atoms with Crippen molar-refractivity contribution in [1.29, 1.82) is 0 Å². The molecule has 0 aliphatic carbocycles. The predicted molar refractivity (Wildman–Crippen MR) is 88.9 cm³/mol. The van der Waals surface area contributed by atoms with E-state index in [1.54, 1.807) is 29.0 Å². The minimum atomic E-state index is -0.192. The molecule has 1 amide bonds. The molecule has 0 saturated carbocycles. The molecule has 7 heteroatoms. The maximum atomic E-state index is 12.1. The molecule has 4 nitrogen and oxygen atoms in total. The van der Waals surface area contributed by atoms with Crippen molar-refractivity contribution >= 4 is 50.6 Å². The van der Waals surface area contributed by atoms with Crippen LogP contribution in [0, 0.1) is 0 Å². The summed E-state index contributed by atoms with van der Waals surface area (Å²) in [6, 6.07) is 6.00. The summed E-state index contributed by atoms with van der Waals surface area (Å²) in [6.45, 7) is 2.48. The molecule has 0 fully saturated rings. The van der Waals surface area contributed by atoms with Gasteiger partial charge in [0.1, 0.15) is 16.2 Å². The Morgan fingerprint density at radius 2 is 2.24 bits per heavy atom. The lowest BCUT2D eigenvalue weighted by Crippen LogP contribution is -2.30. The number of carbonyl (C=O) groups excluding carboxylic acids is 1. The molecule has 1 atom stereocenters. The molecule has 3 rings (SSSR count).